The fourth-order valence-corrected chi connectivity index (χ4v) is 4.20. The molecule has 0 aliphatic rings. The van der Waals surface area contributed by atoms with E-state index >= 15 is 0 Å². The van der Waals surface area contributed by atoms with Gasteiger partial charge in [-0.25, -0.2) is 0 Å². The third kappa shape index (κ3) is 5.58. The van der Waals surface area contributed by atoms with Gasteiger partial charge in [-0.2, -0.15) is 0 Å². The van der Waals surface area contributed by atoms with Gasteiger partial charge in [0.1, 0.15) is 17.1 Å². The second-order valence-corrected chi connectivity index (χ2v) is 8.88. The number of rotatable bonds is 10. The SMILES string of the molecule is CCCCCCCCCCc1ccc2c(=O)c(C)c(-c3cc(C)c(C)c(O)c3)oc2c1. The van der Waals surface area contributed by atoms with Crippen LogP contribution in [0.1, 0.15) is 80.5 Å². The van der Waals surface area contributed by atoms with Crippen LogP contribution in [-0.2, 0) is 6.42 Å². The summed E-state index contributed by atoms with van der Waals surface area (Å²) in [5.74, 6) is 0.765. The zero-order chi connectivity index (χ0) is 22.4. The monoisotopic (exact) mass is 420 g/mol. The molecule has 1 N–H and O–H groups in total. The molecule has 31 heavy (non-hydrogen) atoms. The molecule has 1 aromatic heterocycles. The predicted octanol–water partition coefficient (Wildman–Crippen LogP) is 7.77. The minimum atomic E-state index is -0.00685. The standard InChI is InChI=1S/C28H36O3/c1-5-6-7-8-9-10-11-12-13-22-14-15-24-26(17-22)31-28(21(4)27(24)30)23-16-19(2)20(3)25(29)18-23/h14-18,29H,5-13H2,1-4H3. The molecule has 3 aromatic rings. The predicted molar refractivity (Wildman–Crippen MR) is 130 cm³/mol. The van der Waals surface area contributed by atoms with Crippen LogP contribution in [0.25, 0.3) is 22.3 Å². The molecule has 3 nitrogen and oxygen atoms in total. The van der Waals surface area contributed by atoms with E-state index < -0.39 is 0 Å². The fraction of sp³-hybridized carbons (Fsp3) is 0.464. The van der Waals surface area contributed by atoms with Crippen LogP contribution >= 0.6 is 0 Å². The second kappa shape index (κ2) is 10.7. The molecule has 0 fully saturated rings. The summed E-state index contributed by atoms with van der Waals surface area (Å²) in [6, 6.07) is 9.62. The van der Waals surface area contributed by atoms with Crippen molar-refractivity contribution in [2.75, 3.05) is 0 Å². The Morgan fingerprint density at radius 3 is 2.19 bits per heavy atom. The Kier molecular flexibility index (Phi) is 7.95. The van der Waals surface area contributed by atoms with E-state index in [0.29, 0.717) is 22.3 Å². The first-order chi connectivity index (χ1) is 14.9. The van der Waals surface area contributed by atoms with E-state index in [0.717, 1.165) is 29.5 Å². The highest BCUT2D eigenvalue weighted by Gasteiger charge is 2.15. The van der Waals surface area contributed by atoms with Gasteiger partial charge in [-0.15, -0.1) is 0 Å². The number of hydrogen-bond acceptors (Lipinski definition) is 3. The third-order valence-electron chi connectivity index (χ3n) is 6.40. The molecule has 0 saturated heterocycles. The molecule has 0 saturated carbocycles. The van der Waals surface area contributed by atoms with Gasteiger partial charge in [0.15, 0.2) is 5.43 Å². The minimum absolute atomic E-state index is 0.00685. The van der Waals surface area contributed by atoms with Crippen LogP contribution < -0.4 is 5.43 Å². The van der Waals surface area contributed by atoms with Gasteiger partial charge in [-0.1, -0.05) is 57.9 Å². The lowest BCUT2D eigenvalue weighted by Gasteiger charge is -2.11. The lowest BCUT2D eigenvalue weighted by molar-refractivity contribution is 0.470. The molecule has 0 spiro atoms. The molecule has 166 valence electrons. The van der Waals surface area contributed by atoms with Crippen LogP contribution in [0.5, 0.6) is 5.75 Å². The molecular formula is C28H36O3. The summed E-state index contributed by atoms with van der Waals surface area (Å²) in [6.45, 7) is 7.88. The Balaban J connectivity index is 1.76. The van der Waals surface area contributed by atoms with Crippen molar-refractivity contribution in [1.29, 1.82) is 0 Å². The summed E-state index contributed by atoms with van der Waals surface area (Å²) in [4.78, 5) is 13.0. The highest BCUT2D eigenvalue weighted by atomic mass is 16.3. The van der Waals surface area contributed by atoms with Crippen LogP contribution in [-0.4, -0.2) is 5.11 Å². The third-order valence-corrected chi connectivity index (χ3v) is 6.40. The maximum Gasteiger partial charge on any atom is 0.196 e. The lowest BCUT2D eigenvalue weighted by atomic mass is 9.99. The summed E-state index contributed by atoms with van der Waals surface area (Å²) >= 11 is 0. The summed E-state index contributed by atoms with van der Waals surface area (Å²) in [5, 5.41) is 10.9. The molecule has 0 aliphatic heterocycles. The van der Waals surface area contributed by atoms with Gasteiger partial charge in [0, 0.05) is 11.1 Å². The Morgan fingerprint density at radius 1 is 0.839 bits per heavy atom. The van der Waals surface area contributed by atoms with E-state index in [1.165, 1.54) is 50.5 Å². The molecule has 0 radical (unpaired) electrons. The molecule has 3 rings (SSSR count). The number of hydrogen-bond donors (Lipinski definition) is 1. The van der Waals surface area contributed by atoms with Crippen molar-refractivity contribution in [1.82, 2.24) is 0 Å². The van der Waals surface area contributed by atoms with E-state index in [1.807, 2.05) is 32.0 Å². The fourth-order valence-electron chi connectivity index (χ4n) is 4.20. The highest BCUT2D eigenvalue weighted by Crippen LogP contribution is 2.32. The average Bonchev–Trinajstić information content (AvgIpc) is 2.76. The Labute approximate surface area is 186 Å². The van der Waals surface area contributed by atoms with Gasteiger partial charge in [0.25, 0.3) is 0 Å². The smallest absolute Gasteiger partial charge is 0.196 e. The maximum atomic E-state index is 13.0. The molecule has 0 bridgehead atoms. The van der Waals surface area contributed by atoms with Crippen LogP contribution in [0, 0.1) is 20.8 Å². The van der Waals surface area contributed by atoms with E-state index in [4.69, 9.17) is 4.42 Å². The molecular weight excluding hydrogens is 384 g/mol. The highest BCUT2D eigenvalue weighted by molar-refractivity contribution is 5.81. The van der Waals surface area contributed by atoms with Gasteiger partial charge >= 0.3 is 0 Å². The van der Waals surface area contributed by atoms with Crippen molar-refractivity contribution in [2.24, 2.45) is 0 Å². The quantitative estimate of drug-likeness (QED) is 0.341. The number of fused-ring (bicyclic) bond motifs is 1. The van der Waals surface area contributed by atoms with E-state index in [2.05, 4.69) is 13.0 Å². The van der Waals surface area contributed by atoms with Crippen molar-refractivity contribution in [3.8, 4) is 17.1 Å². The van der Waals surface area contributed by atoms with Crippen molar-refractivity contribution >= 4 is 11.0 Å². The second-order valence-electron chi connectivity index (χ2n) is 8.88. The molecule has 3 heteroatoms. The van der Waals surface area contributed by atoms with Gasteiger partial charge in [0.05, 0.1) is 5.39 Å². The van der Waals surface area contributed by atoms with Crippen molar-refractivity contribution < 1.29 is 9.52 Å². The molecule has 0 atom stereocenters. The zero-order valence-corrected chi connectivity index (χ0v) is 19.5. The first-order valence-electron chi connectivity index (χ1n) is 11.8. The van der Waals surface area contributed by atoms with Gasteiger partial charge in [-0.05, 0) is 74.6 Å². The summed E-state index contributed by atoms with van der Waals surface area (Å²) in [5.41, 5.74) is 4.96. The normalized spacial score (nSPS) is 11.4. The number of phenolic OH excluding ortho intramolecular Hbond substituents is 1. The molecule has 0 aliphatic carbocycles. The van der Waals surface area contributed by atoms with Crippen molar-refractivity contribution in [3.05, 3.63) is 62.8 Å². The number of aryl methyl sites for hydroxylation is 2. The molecule has 1 heterocycles. The topological polar surface area (TPSA) is 50.4 Å². The number of unbranched alkanes of at least 4 members (excludes halogenated alkanes) is 7. The molecule has 0 unspecified atom stereocenters. The maximum absolute atomic E-state index is 13.0. The number of benzene rings is 2. The van der Waals surface area contributed by atoms with E-state index in [9.17, 15) is 9.90 Å². The number of aromatic hydroxyl groups is 1. The summed E-state index contributed by atoms with van der Waals surface area (Å²) < 4.78 is 6.22. The van der Waals surface area contributed by atoms with Crippen molar-refractivity contribution in [3.63, 3.8) is 0 Å². The van der Waals surface area contributed by atoms with Gasteiger partial charge in [0.2, 0.25) is 0 Å². The van der Waals surface area contributed by atoms with Crippen molar-refractivity contribution in [2.45, 2.75) is 85.5 Å². The van der Waals surface area contributed by atoms with E-state index in [-0.39, 0.29) is 11.2 Å². The summed E-state index contributed by atoms with van der Waals surface area (Å²) in [7, 11) is 0. The minimum Gasteiger partial charge on any atom is -0.508 e. The Hall–Kier alpha value is -2.55. The Morgan fingerprint density at radius 2 is 1.52 bits per heavy atom. The van der Waals surface area contributed by atoms with Crippen LogP contribution in [0.4, 0.5) is 0 Å². The van der Waals surface area contributed by atoms with Gasteiger partial charge < -0.3 is 9.52 Å². The number of phenols is 1. The van der Waals surface area contributed by atoms with Crippen LogP contribution in [0.15, 0.2) is 39.5 Å². The van der Waals surface area contributed by atoms with Crippen LogP contribution in [0.2, 0.25) is 0 Å². The lowest BCUT2D eigenvalue weighted by Crippen LogP contribution is -2.07. The largest absolute Gasteiger partial charge is 0.508 e. The first kappa shape index (κ1) is 23.1. The molecule has 2 aromatic carbocycles. The molecule has 0 amide bonds. The van der Waals surface area contributed by atoms with Crippen LogP contribution in [0.3, 0.4) is 0 Å². The average molecular weight is 421 g/mol. The summed E-state index contributed by atoms with van der Waals surface area (Å²) in [6.07, 6.45) is 11.4. The van der Waals surface area contributed by atoms with E-state index in [1.54, 1.807) is 13.0 Å². The zero-order valence-electron chi connectivity index (χ0n) is 19.5. The van der Waals surface area contributed by atoms with Gasteiger partial charge in [-0.3, -0.25) is 4.79 Å². The Bertz CT molecular complexity index is 1070. The first-order valence-corrected chi connectivity index (χ1v) is 11.8.